The van der Waals surface area contributed by atoms with E-state index in [1.165, 1.54) is 0 Å². The first-order chi connectivity index (χ1) is 8.58. The maximum Gasteiger partial charge on any atom is 0.320 e. The molecule has 7 heteroatoms. The minimum absolute atomic E-state index is 0.0946. The van der Waals surface area contributed by atoms with Gasteiger partial charge in [0.05, 0.1) is 0 Å². The summed E-state index contributed by atoms with van der Waals surface area (Å²) < 4.78 is 0. The summed E-state index contributed by atoms with van der Waals surface area (Å²) in [5, 5.41) is 9.55. The van der Waals surface area contributed by atoms with Gasteiger partial charge in [0.25, 0.3) is 0 Å². The topological polar surface area (TPSA) is 66.3 Å². The van der Waals surface area contributed by atoms with E-state index in [1.54, 1.807) is 6.20 Å². The molecule has 1 N–H and O–H groups in total. The molecule has 0 radical (unpaired) electrons. The summed E-state index contributed by atoms with van der Waals surface area (Å²) in [5.74, 6) is -0.791. The predicted octanol–water partition coefficient (Wildman–Crippen LogP) is 2.22. The van der Waals surface area contributed by atoms with Gasteiger partial charge in [-0.25, -0.2) is 9.97 Å². The van der Waals surface area contributed by atoms with Gasteiger partial charge in [0, 0.05) is 18.3 Å². The maximum absolute atomic E-state index is 11.2. The van der Waals surface area contributed by atoms with E-state index in [2.05, 4.69) is 9.97 Å². The first kappa shape index (κ1) is 13.5. The summed E-state index contributed by atoms with van der Waals surface area (Å²) in [5.41, 5.74) is 0.703. The number of piperidine rings is 1. The van der Waals surface area contributed by atoms with Crippen LogP contribution >= 0.6 is 23.2 Å². The molecule has 1 aliphatic heterocycles. The molecule has 98 valence electrons. The van der Waals surface area contributed by atoms with Crippen molar-refractivity contribution in [1.29, 1.82) is 0 Å². The minimum atomic E-state index is -0.791. The zero-order valence-corrected chi connectivity index (χ0v) is 11.2. The van der Waals surface area contributed by atoms with Crippen molar-refractivity contribution >= 4 is 29.2 Å². The molecule has 0 saturated carbocycles. The van der Waals surface area contributed by atoms with Crippen molar-refractivity contribution in [2.24, 2.45) is 0 Å². The molecule has 1 aromatic rings. The van der Waals surface area contributed by atoms with Crippen molar-refractivity contribution in [3.05, 3.63) is 22.2 Å². The van der Waals surface area contributed by atoms with E-state index in [4.69, 9.17) is 23.2 Å². The molecule has 2 heterocycles. The van der Waals surface area contributed by atoms with E-state index in [0.29, 0.717) is 18.5 Å². The Labute approximate surface area is 115 Å². The number of halogens is 2. The number of carboxylic acid groups (broad SMARTS) is 1. The summed E-state index contributed by atoms with van der Waals surface area (Å²) in [6.07, 6.45) is 4.15. The largest absolute Gasteiger partial charge is 0.480 e. The average molecular weight is 290 g/mol. The number of likely N-dealkylation sites (tertiary alicyclic amines) is 1. The van der Waals surface area contributed by atoms with Gasteiger partial charge in [-0.05, 0) is 31.0 Å². The van der Waals surface area contributed by atoms with Gasteiger partial charge in [-0.2, -0.15) is 0 Å². The second kappa shape index (κ2) is 5.82. The molecule has 1 aromatic heterocycles. The zero-order valence-electron chi connectivity index (χ0n) is 9.64. The highest BCUT2D eigenvalue weighted by Gasteiger charge is 2.28. The van der Waals surface area contributed by atoms with Crippen molar-refractivity contribution in [3.63, 3.8) is 0 Å². The Bertz CT molecular complexity index is 456. The van der Waals surface area contributed by atoms with E-state index in [1.807, 2.05) is 4.90 Å². The van der Waals surface area contributed by atoms with Crippen molar-refractivity contribution in [3.8, 4) is 0 Å². The summed E-state index contributed by atoms with van der Waals surface area (Å²) in [4.78, 5) is 20.8. The standard InChI is InChI=1S/C11H13Cl2N3O2/c12-9-7(5-14-11(13)15-9)6-16-4-2-1-3-8(16)10(17)18/h5,8H,1-4,6H2,(H,17,18)/t8-/m1/s1. The van der Waals surface area contributed by atoms with Crippen LogP contribution in [0.25, 0.3) is 0 Å². The lowest BCUT2D eigenvalue weighted by Gasteiger charge is -2.32. The van der Waals surface area contributed by atoms with Crippen molar-refractivity contribution in [2.45, 2.75) is 31.8 Å². The number of carboxylic acids is 1. The molecule has 1 fully saturated rings. The van der Waals surface area contributed by atoms with Gasteiger partial charge in [0.15, 0.2) is 0 Å². The first-order valence-electron chi connectivity index (χ1n) is 5.71. The van der Waals surface area contributed by atoms with Gasteiger partial charge in [-0.1, -0.05) is 18.0 Å². The quantitative estimate of drug-likeness (QED) is 0.683. The molecular formula is C11H13Cl2N3O2. The number of hydrogen-bond donors (Lipinski definition) is 1. The number of aromatic nitrogens is 2. The summed E-state index contributed by atoms with van der Waals surface area (Å²) in [6, 6.07) is -0.453. The Morgan fingerprint density at radius 1 is 1.50 bits per heavy atom. The van der Waals surface area contributed by atoms with E-state index in [0.717, 1.165) is 19.4 Å². The maximum atomic E-state index is 11.2. The van der Waals surface area contributed by atoms with Gasteiger partial charge < -0.3 is 5.11 Å². The molecule has 1 saturated heterocycles. The van der Waals surface area contributed by atoms with Crippen molar-refractivity contribution in [2.75, 3.05) is 6.54 Å². The number of nitrogens with zero attached hydrogens (tertiary/aromatic N) is 3. The highest BCUT2D eigenvalue weighted by molar-refractivity contribution is 6.32. The average Bonchev–Trinajstić information content (AvgIpc) is 2.33. The van der Waals surface area contributed by atoms with Crippen LogP contribution in [0.3, 0.4) is 0 Å². The first-order valence-corrected chi connectivity index (χ1v) is 6.47. The normalized spacial score (nSPS) is 20.9. The van der Waals surface area contributed by atoms with Crippen molar-refractivity contribution in [1.82, 2.24) is 14.9 Å². The number of hydrogen-bond acceptors (Lipinski definition) is 4. The van der Waals surface area contributed by atoms with Gasteiger partial charge in [0.1, 0.15) is 11.2 Å². The van der Waals surface area contributed by atoms with E-state index < -0.39 is 12.0 Å². The lowest BCUT2D eigenvalue weighted by atomic mass is 10.0. The van der Waals surface area contributed by atoms with Gasteiger partial charge in [-0.15, -0.1) is 0 Å². The Morgan fingerprint density at radius 2 is 2.28 bits per heavy atom. The van der Waals surface area contributed by atoms with Gasteiger partial charge in [0.2, 0.25) is 5.28 Å². The number of aliphatic carboxylic acids is 1. The number of rotatable bonds is 3. The van der Waals surface area contributed by atoms with E-state index >= 15 is 0 Å². The molecule has 0 aromatic carbocycles. The minimum Gasteiger partial charge on any atom is -0.480 e. The fraction of sp³-hybridized carbons (Fsp3) is 0.545. The Morgan fingerprint density at radius 3 is 2.94 bits per heavy atom. The molecule has 0 unspecified atom stereocenters. The molecule has 0 spiro atoms. The van der Waals surface area contributed by atoms with E-state index in [-0.39, 0.29) is 10.4 Å². The molecule has 2 rings (SSSR count). The molecular weight excluding hydrogens is 277 g/mol. The van der Waals surface area contributed by atoms with Crippen LogP contribution in [0.5, 0.6) is 0 Å². The molecule has 18 heavy (non-hydrogen) atoms. The third kappa shape index (κ3) is 3.10. The highest BCUT2D eigenvalue weighted by atomic mass is 35.5. The second-order valence-electron chi connectivity index (χ2n) is 4.28. The summed E-state index contributed by atoms with van der Waals surface area (Å²) in [7, 11) is 0. The fourth-order valence-corrected chi connectivity index (χ4v) is 2.52. The Balaban J connectivity index is 2.13. The third-order valence-corrected chi connectivity index (χ3v) is 3.56. The van der Waals surface area contributed by atoms with Crippen LogP contribution in [-0.4, -0.2) is 38.5 Å². The Hall–Kier alpha value is -0.910. The van der Waals surface area contributed by atoms with Crippen LogP contribution in [0.4, 0.5) is 0 Å². The highest BCUT2D eigenvalue weighted by Crippen LogP contribution is 2.22. The summed E-state index contributed by atoms with van der Waals surface area (Å²) in [6.45, 7) is 1.18. The van der Waals surface area contributed by atoms with E-state index in [9.17, 15) is 9.90 Å². The van der Waals surface area contributed by atoms with Gasteiger partial charge in [-0.3, -0.25) is 9.69 Å². The van der Waals surface area contributed by atoms with Crippen LogP contribution in [0.1, 0.15) is 24.8 Å². The van der Waals surface area contributed by atoms with Crippen LogP contribution in [0.2, 0.25) is 10.4 Å². The lowest BCUT2D eigenvalue weighted by molar-refractivity contribution is -0.144. The smallest absolute Gasteiger partial charge is 0.320 e. The molecule has 1 atom stereocenters. The predicted molar refractivity (Wildman–Crippen MR) is 67.7 cm³/mol. The fourth-order valence-electron chi connectivity index (χ4n) is 2.15. The van der Waals surface area contributed by atoms with Crippen LogP contribution in [0, 0.1) is 0 Å². The second-order valence-corrected chi connectivity index (χ2v) is 4.97. The lowest BCUT2D eigenvalue weighted by Crippen LogP contribution is -2.44. The SMILES string of the molecule is O=C(O)[C@H]1CCCCN1Cc1cnc(Cl)nc1Cl. The van der Waals surface area contributed by atoms with Crippen LogP contribution < -0.4 is 0 Å². The molecule has 0 amide bonds. The molecule has 0 bridgehead atoms. The zero-order chi connectivity index (χ0) is 13.1. The Kier molecular flexibility index (Phi) is 4.37. The van der Waals surface area contributed by atoms with Crippen LogP contribution in [-0.2, 0) is 11.3 Å². The molecule has 5 nitrogen and oxygen atoms in total. The summed E-state index contributed by atoms with van der Waals surface area (Å²) >= 11 is 11.6. The molecule has 1 aliphatic rings. The number of carbonyl (C=O) groups is 1. The molecule has 0 aliphatic carbocycles. The monoisotopic (exact) mass is 289 g/mol. The van der Waals surface area contributed by atoms with Crippen molar-refractivity contribution < 1.29 is 9.90 Å². The van der Waals surface area contributed by atoms with Crippen LogP contribution in [0.15, 0.2) is 6.20 Å². The third-order valence-electron chi connectivity index (χ3n) is 3.05. The van der Waals surface area contributed by atoms with Gasteiger partial charge >= 0.3 is 5.97 Å².